The molecule has 0 aliphatic rings. The number of H-pyrrole nitrogens is 1. The Labute approximate surface area is 116 Å². The van der Waals surface area contributed by atoms with Crippen molar-refractivity contribution >= 4 is 15.7 Å². The van der Waals surface area contributed by atoms with Crippen molar-refractivity contribution in [1.82, 2.24) is 14.7 Å². The van der Waals surface area contributed by atoms with Crippen LogP contribution in [0.2, 0.25) is 0 Å². The van der Waals surface area contributed by atoms with E-state index in [-0.39, 0.29) is 12.2 Å². The van der Waals surface area contributed by atoms with Crippen LogP contribution in [-0.4, -0.2) is 24.9 Å². The number of hydrogen-bond acceptors (Lipinski definition) is 4. The van der Waals surface area contributed by atoms with Crippen molar-refractivity contribution in [1.29, 1.82) is 0 Å². The predicted molar refractivity (Wildman–Crippen MR) is 72.9 cm³/mol. The molecule has 2 aromatic rings. The number of nitrogens with two attached hydrogens (primary N) is 1. The minimum Gasteiger partial charge on any atom is -0.399 e. The number of sulfonamides is 1. The van der Waals surface area contributed by atoms with Crippen LogP contribution in [0.3, 0.4) is 0 Å². The van der Waals surface area contributed by atoms with Crippen molar-refractivity contribution in [3.05, 3.63) is 42.2 Å². The van der Waals surface area contributed by atoms with Crippen LogP contribution in [0.25, 0.3) is 0 Å². The van der Waals surface area contributed by atoms with Gasteiger partial charge in [-0.25, -0.2) is 22.5 Å². The van der Waals surface area contributed by atoms with E-state index in [0.29, 0.717) is 12.8 Å². The zero-order chi connectivity index (χ0) is 14.6. The smallest absolute Gasteiger partial charge is 0.243 e. The molecule has 2 rings (SSSR count). The molecule has 20 heavy (non-hydrogen) atoms. The summed E-state index contributed by atoms with van der Waals surface area (Å²) in [6.45, 7) is 0.201. The van der Waals surface area contributed by atoms with E-state index >= 15 is 0 Å². The zero-order valence-electron chi connectivity index (χ0n) is 10.6. The van der Waals surface area contributed by atoms with E-state index in [0.717, 1.165) is 18.0 Å². The summed E-state index contributed by atoms with van der Waals surface area (Å²) in [6, 6.07) is 3.48. The van der Waals surface area contributed by atoms with E-state index in [1.807, 2.05) is 0 Å². The summed E-state index contributed by atoms with van der Waals surface area (Å²) in [5.74, 6) is -0.0774. The third-order valence-corrected chi connectivity index (χ3v) is 4.18. The molecular weight excluding hydrogens is 283 g/mol. The highest BCUT2D eigenvalue weighted by Crippen LogP contribution is 2.16. The van der Waals surface area contributed by atoms with Crippen LogP contribution in [0.1, 0.15) is 12.2 Å². The maximum atomic E-state index is 13.6. The molecule has 0 spiro atoms. The summed E-state index contributed by atoms with van der Waals surface area (Å²) in [6.07, 6.45) is 4.50. The van der Waals surface area contributed by atoms with Crippen LogP contribution in [0.5, 0.6) is 0 Å². The van der Waals surface area contributed by atoms with E-state index in [1.165, 1.54) is 6.07 Å². The molecule has 4 N–H and O–H groups in total. The zero-order valence-corrected chi connectivity index (χ0v) is 11.5. The maximum absolute atomic E-state index is 13.6. The minimum atomic E-state index is -3.86. The first-order chi connectivity index (χ1) is 9.49. The van der Waals surface area contributed by atoms with Gasteiger partial charge in [-0.1, -0.05) is 0 Å². The number of hydrogen-bond donors (Lipinski definition) is 3. The number of nitrogens with one attached hydrogen (secondary N) is 2. The van der Waals surface area contributed by atoms with Gasteiger partial charge < -0.3 is 10.7 Å². The Morgan fingerprint density at radius 2 is 2.20 bits per heavy atom. The van der Waals surface area contributed by atoms with Crippen LogP contribution >= 0.6 is 0 Å². The lowest BCUT2D eigenvalue weighted by Crippen LogP contribution is -2.26. The molecule has 0 unspecified atom stereocenters. The Morgan fingerprint density at radius 1 is 1.40 bits per heavy atom. The van der Waals surface area contributed by atoms with Crippen LogP contribution in [0, 0.1) is 5.82 Å². The van der Waals surface area contributed by atoms with E-state index in [4.69, 9.17) is 5.73 Å². The van der Waals surface area contributed by atoms with Crippen molar-refractivity contribution in [2.24, 2.45) is 0 Å². The molecule has 0 atom stereocenters. The SMILES string of the molecule is Nc1ccc(S(=O)(=O)NCCCc2ncc[nH]2)c(F)c1. The fourth-order valence-electron chi connectivity index (χ4n) is 1.71. The number of rotatable bonds is 6. The number of imidazole rings is 1. The average Bonchev–Trinajstić information content (AvgIpc) is 2.87. The number of aromatic amines is 1. The Bertz CT molecular complexity index is 671. The fraction of sp³-hybridized carbons (Fsp3) is 0.250. The highest BCUT2D eigenvalue weighted by Gasteiger charge is 2.18. The van der Waals surface area contributed by atoms with Gasteiger partial charge in [0.2, 0.25) is 10.0 Å². The van der Waals surface area contributed by atoms with Gasteiger partial charge in [-0.2, -0.15) is 0 Å². The Balaban J connectivity index is 1.93. The normalized spacial score (nSPS) is 11.7. The predicted octanol–water partition coefficient (Wildman–Crippen LogP) is 1.04. The fourth-order valence-corrected chi connectivity index (χ4v) is 2.84. The first kappa shape index (κ1) is 14.5. The molecule has 0 aliphatic heterocycles. The molecular formula is C12H15FN4O2S. The van der Waals surface area contributed by atoms with Gasteiger partial charge in [0.25, 0.3) is 0 Å². The summed E-state index contributed by atoms with van der Waals surface area (Å²) < 4.78 is 39.7. The number of halogens is 1. The van der Waals surface area contributed by atoms with Crippen LogP contribution in [0.15, 0.2) is 35.5 Å². The van der Waals surface area contributed by atoms with Crippen molar-refractivity contribution in [2.45, 2.75) is 17.7 Å². The van der Waals surface area contributed by atoms with Gasteiger partial charge in [0, 0.05) is 31.0 Å². The highest BCUT2D eigenvalue weighted by molar-refractivity contribution is 7.89. The topological polar surface area (TPSA) is 101 Å². The molecule has 0 radical (unpaired) electrons. The number of aryl methyl sites for hydroxylation is 1. The first-order valence-corrected chi connectivity index (χ1v) is 7.50. The van der Waals surface area contributed by atoms with Gasteiger partial charge >= 0.3 is 0 Å². The molecule has 0 saturated carbocycles. The van der Waals surface area contributed by atoms with Gasteiger partial charge in [0.15, 0.2) is 0 Å². The largest absolute Gasteiger partial charge is 0.399 e. The Hall–Kier alpha value is -1.93. The van der Waals surface area contributed by atoms with Gasteiger partial charge in [0.1, 0.15) is 16.5 Å². The molecule has 1 aromatic carbocycles. The summed E-state index contributed by atoms with van der Waals surface area (Å²) in [5.41, 5.74) is 5.56. The Morgan fingerprint density at radius 3 is 2.85 bits per heavy atom. The number of aromatic nitrogens is 2. The quantitative estimate of drug-likeness (QED) is 0.548. The van der Waals surface area contributed by atoms with Crippen molar-refractivity contribution in [3.63, 3.8) is 0 Å². The lowest BCUT2D eigenvalue weighted by Gasteiger charge is -2.07. The van der Waals surface area contributed by atoms with Crippen LogP contribution < -0.4 is 10.5 Å². The summed E-state index contributed by atoms with van der Waals surface area (Å²) in [4.78, 5) is 6.55. The van der Waals surface area contributed by atoms with Crippen molar-refractivity contribution < 1.29 is 12.8 Å². The van der Waals surface area contributed by atoms with Crippen LogP contribution in [-0.2, 0) is 16.4 Å². The molecule has 1 heterocycles. The summed E-state index contributed by atoms with van der Waals surface area (Å²) in [5, 5.41) is 0. The second-order valence-electron chi connectivity index (χ2n) is 4.23. The van der Waals surface area contributed by atoms with Crippen molar-refractivity contribution in [2.75, 3.05) is 12.3 Å². The molecule has 0 aliphatic carbocycles. The van der Waals surface area contributed by atoms with Gasteiger partial charge in [-0.3, -0.25) is 0 Å². The van der Waals surface area contributed by atoms with E-state index < -0.39 is 20.7 Å². The standard InChI is InChI=1S/C12H15FN4O2S/c13-10-8-9(14)3-4-11(10)20(18,19)17-5-1-2-12-15-6-7-16-12/h3-4,6-8,17H,1-2,5,14H2,(H,15,16). The second kappa shape index (κ2) is 6.02. The third kappa shape index (κ3) is 3.55. The number of nitrogens with zero attached hydrogens (tertiary/aromatic N) is 1. The van der Waals surface area contributed by atoms with Crippen molar-refractivity contribution in [3.8, 4) is 0 Å². The molecule has 0 fully saturated rings. The highest BCUT2D eigenvalue weighted by atomic mass is 32.2. The minimum absolute atomic E-state index is 0.180. The number of anilines is 1. The monoisotopic (exact) mass is 298 g/mol. The lowest BCUT2D eigenvalue weighted by molar-refractivity contribution is 0.555. The van der Waals surface area contributed by atoms with Gasteiger partial charge in [0.05, 0.1) is 0 Å². The number of benzene rings is 1. The second-order valence-corrected chi connectivity index (χ2v) is 5.96. The molecule has 108 valence electrons. The molecule has 0 amide bonds. The maximum Gasteiger partial charge on any atom is 0.243 e. The lowest BCUT2D eigenvalue weighted by atomic mass is 10.3. The van der Waals surface area contributed by atoms with Gasteiger partial charge in [-0.05, 0) is 24.6 Å². The molecule has 0 saturated heterocycles. The number of nitrogen functional groups attached to an aromatic ring is 1. The molecule has 8 heteroatoms. The Kier molecular flexibility index (Phi) is 4.35. The van der Waals surface area contributed by atoms with E-state index in [2.05, 4.69) is 14.7 Å². The molecule has 1 aromatic heterocycles. The first-order valence-electron chi connectivity index (χ1n) is 6.02. The summed E-state index contributed by atoms with van der Waals surface area (Å²) in [7, 11) is -3.86. The van der Waals surface area contributed by atoms with E-state index in [9.17, 15) is 12.8 Å². The third-order valence-electron chi connectivity index (χ3n) is 2.68. The average molecular weight is 298 g/mol. The molecule has 6 nitrogen and oxygen atoms in total. The van der Waals surface area contributed by atoms with E-state index in [1.54, 1.807) is 12.4 Å². The van der Waals surface area contributed by atoms with Crippen LogP contribution in [0.4, 0.5) is 10.1 Å². The molecule has 0 bridgehead atoms. The van der Waals surface area contributed by atoms with Gasteiger partial charge in [-0.15, -0.1) is 0 Å². The summed E-state index contributed by atoms with van der Waals surface area (Å²) >= 11 is 0.